The molecule has 1 heterocycles. The van der Waals surface area contributed by atoms with E-state index in [1.165, 1.54) is 35.4 Å². The summed E-state index contributed by atoms with van der Waals surface area (Å²) < 4.78 is 2.08. The third kappa shape index (κ3) is 4.50. The van der Waals surface area contributed by atoms with Gasteiger partial charge in [0, 0.05) is 35.3 Å². The molecule has 0 aliphatic heterocycles. The van der Waals surface area contributed by atoms with Gasteiger partial charge in [0.1, 0.15) is 17.3 Å². The second kappa shape index (κ2) is 9.20. The van der Waals surface area contributed by atoms with Gasteiger partial charge in [-0.05, 0) is 36.3 Å². The highest BCUT2D eigenvalue weighted by Gasteiger charge is 2.18. The number of para-hydroxylation sites is 3. The third-order valence-corrected chi connectivity index (χ3v) is 5.44. The van der Waals surface area contributed by atoms with Crippen molar-refractivity contribution in [2.24, 2.45) is 0 Å². The lowest BCUT2D eigenvalue weighted by Gasteiger charge is -2.08. The molecule has 0 aliphatic rings. The highest BCUT2D eigenvalue weighted by atomic mass is 16.6. The van der Waals surface area contributed by atoms with Gasteiger partial charge in [-0.3, -0.25) is 14.9 Å². The van der Waals surface area contributed by atoms with Crippen LogP contribution in [0.3, 0.4) is 0 Å². The van der Waals surface area contributed by atoms with Gasteiger partial charge >= 0.3 is 0 Å². The molecular weight excluding hydrogens is 416 g/mol. The van der Waals surface area contributed by atoms with Crippen LogP contribution in [-0.2, 0) is 11.3 Å². The Balaban J connectivity index is 1.70. The summed E-state index contributed by atoms with van der Waals surface area (Å²) in [5, 5.41) is 24.3. The molecule has 7 heteroatoms. The fraction of sp³-hybridized carbons (Fsp3) is 0.0769. The number of carbonyl (C=O) groups is 1. The van der Waals surface area contributed by atoms with Gasteiger partial charge in [-0.1, -0.05) is 54.6 Å². The van der Waals surface area contributed by atoms with Crippen molar-refractivity contribution in [3.8, 4) is 6.07 Å². The highest BCUT2D eigenvalue weighted by molar-refractivity contribution is 6.11. The summed E-state index contributed by atoms with van der Waals surface area (Å²) in [7, 11) is 0. The van der Waals surface area contributed by atoms with Crippen molar-refractivity contribution < 1.29 is 9.72 Å². The van der Waals surface area contributed by atoms with Crippen LogP contribution in [0.1, 0.15) is 16.7 Å². The summed E-state index contributed by atoms with van der Waals surface area (Å²) in [6.45, 7) is 2.70. The fourth-order valence-electron chi connectivity index (χ4n) is 3.72. The minimum atomic E-state index is -0.706. The van der Waals surface area contributed by atoms with Crippen molar-refractivity contribution in [3.05, 3.63) is 111 Å². The molecule has 4 aromatic rings. The number of anilines is 1. The molecule has 0 spiro atoms. The largest absolute Gasteiger partial charge is 0.342 e. The molecule has 7 nitrogen and oxygen atoms in total. The molecule has 0 aliphatic carbocycles. The Labute approximate surface area is 190 Å². The van der Waals surface area contributed by atoms with Crippen LogP contribution in [0.2, 0.25) is 0 Å². The van der Waals surface area contributed by atoms with Crippen molar-refractivity contribution in [1.29, 1.82) is 5.26 Å². The van der Waals surface area contributed by atoms with Crippen LogP contribution in [0.25, 0.3) is 17.0 Å². The van der Waals surface area contributed by atoms with Crippen LogP contribution in [0, 0.1) is 28.4 Å². The molecule has 0 radical (unpaired) electrons. The number of rotatable bonds is 6. The predicted molar refractivity (Wildman–Crippen MR) is 128 cm³/mol. The zero-order valence-electron chi connectivity index (χ0n) is 17.9. The maximum Gasteiger partial charge on any atom is 0.292 e. The molecular formula is C26H20N4O3. The number of aromatic nitrogens is 1. The van der Waals surface area contributed by atoms with Crippen molar-refractivity contribution in [2.45, 2.75) is 13.5 Å². The maximum absolute atomic E-state index is 12.8. The molecule has 0 unspecified atom stereocenters. The predicted octanol–water partition coefficient (Wildman–Crippen LogP) is 5.45. The van der Waals surface area contributed by atoms with Gasteiger partial charge in [0.25, 0.3) is 11.6 Å². The molecule has 33 heavy (non-hydrogen) atoms. The summed E-state index contributed by atoms with van der Waals surface area (Å²) in [6, 6.07) is 23.6. The van der Waals surface area contributed by atoms with Gasteiger partial charge in [-0.25, -0.2) is 0 Å². The lowest BCUT2D eigenvalue weighted by atomic mass is 10.1. The number of nitrogens with one attached hydrogen (secondary N) is 1. The summed E-state index contributed by atoms with van der Waals surface area (Å²) in [5.41, 5.74) is 3.69. The molecule has 1 aromatic heterocycles. The van der Waals surface area contributed by atoms with Crippen LogP contribution in [0.5, 0.6) is 0 Å². The van der Waals surface area contributed by atoms with Crippen molar-refractivity contribution in [1.82, 2.24) is 4.57 Å². The van der Waals surface area contributed by atoms with E-state index in [2.05, 4.69) is 28.9 Å². The van der Waals surface area contributed by atoms with E-state index in [1.54, 1.807) is 6.07 Å². The number of benzene rings is 3. The monoisotopic (exact) mass is 436 g/mol. The lowest BCUT2D eigenvalue weighted by Crippen LogP contribution is -2.14. The lowest BCUT2D eigenvalue weighted by molar-refractivity contribution is -0.383. The summed E-state index contributed by atoms with van der Waals surface area (Å²) in [4.78, 5) is 23.4. The van der Waals surface area contributed by atoms with Crippen LogP contribution < -0.4 is 5.32 Å². The van der Waals surface area contributed by atoms with E-state index in [0.717, 1.165) is 10.9 Å². The molecule has 162 valence electrons. The van der Waals surface area contributed by atoms with Gasteiger partial charge in [0.15, 0.2) is 0 Å². The quantitative estimate of drug-likeness (QED) is 0.188. The normalized spacial score (nSPS) is 11.2. The van der Waals surface area contributed by atoms with E-state index in [-0.39, 0.29) is 16.9 Å². The number of fused-ring (bicyclic) bond motifs is 1. The molecule has 3 aromatic carbocycles. The van der Waals surface area contributed by atoms with Gasteiger partial charge in [-0.2, -0.15) is 5.26 Å². The molecule has 1 N–H and O–H groups in total. The Hall–Kier alpha value is -4.70. The van der Waals surface area contributed by atoms with Crippen molar-refractivity contribution in [3.63, 3.8) is 0 Å². The molecule has 4 rings (SSSR count). The first-order valence-electron chi connectivity index (χ1n) is 10.3. The van der Waals surface area contributed by atoms with Gasteiger partial charge in [0.2, 0.25) is 0 Å². The number of carbonyl (C=O) groups excluding carboxylic acids is 1. The standard InChI is InChI=1S/C26H20N4O3/c1-18-8-2-3-9-19(18)16-29-17-21(22-10-4-6-12-24(22)29)14-20(15-27)26(31)28-23-11-5-7-13-25(23)30(32)33/h2-14,17H,16H2,1H3,(H,28,31). The van der Waals surface area contributed by atoms with Crippen molar-refractivity contribution in [2.75, 3.05) is 5.32 Å². The number of amides is 1. The second-order valence-electron chi connectivity index (χ2n) is 7.55. The van der Waals surface area contributed by atoms with E-state index in [9.17, 15) is 20.2 Å². The van der Waals surface area contributed by atoms with Crippen LogP contribution in [0.15, 0.2) is 84.6 Å². The SMILES string of the molecule is Cc1ccccc1Cn1cc(C=C(C#N)C(=O)Nc2ccccc2[N+](=O)[O-])c2ccccc21. The van der Waals surface area contributed by atoms with Crippen molar-refractivity contribution >= 4 is 34.3 Å². The Bertz CT molecular complexity index is 1440. The van der Waals surface area contributed by atoms with Crippen LogP contribution in [-0.4, -0.2) is 15.4 Å². The molecule has 0 atom stereocenters. The van der Waals surface area contributed by atoms with Crippen LogP contribution >= 0.6 is 0 Å². The van der Waals surface area contributed by atoms with Gasteiger partial charge in [-0.15, -0.1) is 0 Å². The van der Waals surface area contributed by atoms with Crippen LogP contribution in [0.4, 0.5) is 11.4 Å². The maximum atomic E-state index is 12.8. The number of nitro groups is 1. The van der Waals surface area contributed by atoms with E-state index in [0.29, 0.717) is 12.1 Å². The highest BCUT2D eigenvalue weighted by Crippen LogP contribution is 2.27. The molecule has 1 amide bonds. The first-order valence-corrected chi connectivity index (χ1v) is 10.3. The number of aryl methyl sites for hydroxylation is 1. The zero-order valence-corrected chi connectivity index (χ0v) is 17.9. The number of nitrogens with zero attached hydrogens (tertiary/aromatic N) is 3. The van der Waals surface area contributed by atoms with E-state index in [4.69, 9.17) is 0 Å². The topological polar surface area (TPSA) is 101 Å². The average molecular weight is 436 g/mol. The van der Waals surface area contributed by atoms with E-state index < -0.39 is 10.8 Å². The molecule has 0 saturated carbocycles. The number of hydrogen-bond donors (Lipinski definition) is 1. The van der Waals surface area contributed by atoms with E-state index >= 15 is 0 Å². The number of nitro benzene ring substituents is 1. The minimum absolute atomic E-state index is 0.0376. The summed E-state index contributed by atoms with van der Waals surface area (Å²) in [6.07, 6.45) is 3.42. The fourth-order valence-corrected chi connectivity index (χ4v) is 3.72. The first-order chi connectivity index (χ1) is 16.0. The average Bonchev–Trinajstić information content (AvgIpc) is 3.16. The summed E-state index contributed by atoms with van der Waals surface area (Å²) in [5.74, 6) is -0.706. The zero-order chi connectivity index (χ0) is 23.4. The molecule has 0 saturated heterocycles. The Morgan fingerprint density at radius 3 is 2.55 bits per heavy atom. The van der Waals surface area contributed by atoms with Gasteiger partial charge in [0.05, 0.1) is 4.92 Å². The molecule has 0 bridgehead atoms. The Morgan fingerprint density at radius 1 is 1.09 bits per heavy atom. The third-order valence-electron chi connectivity index (χ3n) is 5.44. The Morgan fingerprint density at radius 2 is 1.79 bits per heavy atom. The number of nitriles is 1. The van der Waals surface area contributed by atoms with Gasteiger partial charge < -0.3 is 9.88 Å². The minimum Gasteiger partial charge on any atom is -0.342 e. The number of hydrogen-bond acceptors (Lipinski definition) is 4. The summed E-state index contributed by atoms with van der Waals surface area (Å²) >= 11 is 0. The molecule has 0 fully saturated rings. The smallest absolute Gasteiger partial charge is 0.292 e. The Kier molecular flexibility index (Phi) is 6.00. The first kappa shape index (κ1) is 21.5. The second-order valence-corrected chi connectivity index (χ2v) is 7.55. The van der Waals surface area contributed by atoms with E-state index in [1.807, 2.05) is 48.7 Å².